The predicted molar refractivity (Wildman–Crippen MR) is 51.0 cm³/mol. The second kappa shape index (κ2) is 3.65. The lowest BCUT2D eigenvalue weighted by atomic mass is 9.83. The van der Waals surface area contributed by atoms with Gasteiger partial charge in [-0.05, 0) is 34.6 Å². The van der Waals surface area contributed by atoms with Gasteiger partial charge in [0.05, 0.1) is 0 Å². The molecule has 0 rings (SSSR count). The van der Waals surface area contributed by atoms with Crippen molar-refractivity contribution in [3.63, 3.8) is 0 Å². The number of allylic oxidation sites excluding steroid dienone is 4. The molecule has 0 N–H and O–H groups in total. The van der Waals surface area contributed by atoms with E-state index < -0.39 is 0 Å². The normalized spacial score (nSPS) is 8.90. The minimum absolute atomic E-state index is 1.42. The van der Waals surface area contributed by atoms with Crippen molar-refractivity contribution in [2.75, 3.05) is 0 Å². The Balaban J connectivity index is 4.71. The molecule has 0 saturated heterocycles. The van der Waals surface area contributed by atoms with Crippen LogP contribution in [0.5, 0.6) is 0 Å². The number of rotatable bonds is 1. The molecule has 0 aliphatic heterocycles. The summed E-state index contributed by atoms with van der Waals surface area (Å²) in [4.78, 5) is 0. The van der Waals surface area contributed by atoms with Gasteiger partial charge in [0.15, 0.2) is 0 Å². The van der Waals surface area contributed by atoms with Crippen LogP contribution < -0.4 is 0 Å². The van der Waals surface area contributed by atoms with E-state index in [4.69, 9.17) is 0 Å². The van der Waals surface area contributed by atoms with Crippen molar-refractivity contribution in [1.82, 2.24) is 0 Å². The molecule has 0 amide bonds. The summed E-state index contributed by atoms with van der Waals surface area (Å²) in [7, 11) is 2.18. The highest BCUT2D eigenvalue weighted by Gasteiger charge is 1.95. The fraction of sp³-hybridized carbons (Fsp3) is 0.556. The lowest BCUT2D eigenvalue weighted by Crippen LogP contribution is -1.89. The topological polar surface area (TPSA) is 0 Å². The molecule has 0 nitrogen and oxygen atoms in total. The highest BCUT2D eigenvalue weighted by atomic mass is 14.0. The molecule has 0 aromatic carbocycles. The first-order valence-corrected chi connectivity index (χ1v) is 3.75. The standard InChI is InChI=1S/C9H17B/c1-6(2)8(5)9(10)7(3)4/h10H2,1-5H3. The van der Waals surface area contributed by atoms with E-state index in [0.29, 0.717) is 0 Å². The van der Waals surface area contributed by atoms with Crippen molar-refractivity contribution in [3.05, 3.63) is 22.2 Å². The van der Waals surface area contributed by atoms with Gasteiger partial charge >= 0.3 is 0 Å². The summed E-state index contributed by atoms with van der Waals surface area (Å²) >= 11 is 0. The molecular formula is C9H17B. The molecule has 0 aliphatic rings. The van der Waals surface area contributed by atoms with Crippen LogP contribution in [0.15, 0.2) is 22.2 Å². The van der Waals surface area contributed by atoms with Gasteiger partial charge in [-0.25, -0.2) is 0 Å². The van der Waals surface area contributed by atoms with Crippen LogP contribution in [-0.2, 0) is 0 Å². The predicted octanol–water partition coefficient (Wildman–Crippen LogP) is 2.27. The van der Waals surface area contributed by atoms with Crippen molar-refractivity contribution in [1.29, 1.82) is 0 Å². The number of hydrogen-bond donors (Lipinski definition) is 0. The molecule has 0 radical (unpaired) electrons. The van der Waals surface area contributed by atoms with Crippen LogP contribution in [0.3, 0.4) is 0 Å². The van der Waals surface area contributed by atoms with E-state index in [-0.39, 0.29) is 0 Å². The van der Waals surface area contributed by atoms with Crippen molar-refractivity contribution in [2.24, 2.45) is 0 Å². The third-order valence-corrected chi connectivity index (χ3v) is 2.06. The van der Waals surface area contributed by atoms with Crippen molar-refractivity contribution in [2.45, 2.75) is 34.6 Å². The highest BCUT2D eigenvalue weighted by molar-refractivity contribution is 6.24. The molecule has 0 heterocycles. The Morgan fingerprint density at radius 2 is 1.20 bits per heavy atom. The minimum Gasteiger partial charge on any atom is -0.0875 e. The maximum absolute atomic E-state index is 2.18. The quantitative estimate of drug-likeness (QED) is 0.383. The van der Waals surface area contributed by atoms with Crippen LogP contribution in [0, 0.1) is 0 Å². The second-order valence-corrected chi connectivity index (χ2v) is 3.25. The van der Waals surface area contributed by atoms with E-state index in [1.165, 1.54) is 22.2 Å². The Morgan fingerprint density at radius 1 is 0.800 bits per heavy atom. The minimum atomic E-state index is 1.42. The summed E-state index contributed by atoms with van der Waals surface area (Å²) in [6.07, 6.45) is 0. The fourth-order valence-electron chi connectivity index (χ4n) is 0.750. The van der Waals surface area contributed by atoms with Crippen molar-refractivity contribution >= 4 is 7.85 Å². The lowest BCUT2D eigenvalue weighted by molar-refractivity contribution is 1.24. The van der Waals surface area contributed by atoms with Gasteiger partial charge in [0, 0.05) is 0 Å². The molecule has 1 heteroatoms. The highest BCUT2D eigenvalue weighted by Crippen LogP contribution is 2.13. The van der Waals surface area contributed by atoms with Crippen LogP contribution in [0.2, 0.25) is 0 Å². The molecule has 0 bridgehead atoms. The summed E-state index contributed by atoms with van der Waals surface area (Å²) in [5.74, 6) is 0. The SMILES string of the molecule is BC(=C(C)C)C(C)=C(C)C. The largest absolute Gasteiger partial charge is 0.139 e. The molecule has 0 unspecified atom stereocenters. The van der Waals surface area contributed by atoms with Gasteiger partial charge in [0.2, 0.25) is 0 Å². The smallest absolute Gasteiger partial charge is 0.0875 e. The van der Waals surface area contributed by atoms with Crippen LogP contribution >= 0.6 is 0 Å². The first kappa shape index (κ1) is 9.54. The summed E-state index contributed by atoms with van der Waals surface area (Å²) in [5.41, 5.74) is 5.69. The molecule has 0 atom stereocenters. The first-order chi connectivity index (χ1) is 4.46. The van der Waals surface area contributed by atoms with Crippen LogP contribution in [0.25, 0.3) is 0 Å². The Bertz CT molecular complexity index is 155. The Labute approximate surface area is 65.4 Å². The zero-order chi connectivity index (χ0) is 8.31. The van der Waals surface area contributed by atoms with Gasteiger partial charge in [0.1, 0.15) is 7.85 Å². The lowest BCUT2D eigenvalue weighted by Gasteiger charge is -2.06. The average molecular weight is 136 g/mol. The summed E-state index contributed by atoms with van der Waals surface area (Å²) in [6, 6.07) is 0. The van der Waals surface area contributed by atoms with E-state index in [1.807, 2.05) is 0 Å². The third-order valence-electron chi connectivity index (χ3n) is 2.06. The maximum Gasteiger partial charge on any atom is 0.139 e. The van der Waals surface area contributed by atoms with E-state index in [0.717, 1.165) is 0 Å². The molecule has 56 valence electrons. The first-order valence-electron chi connectivity index (χ1n) is 3.75. The van der Waals surface area contributed by atoms with E-state index in [2.05, 4.69) is 42.5 Å². The molecule has 10 heavy (non-hydrogen) atoms. The molecule has 0 spiro atoms. The number of hydrogen-bond acceptors (Lipinski definition) is 0. The molecule has 0 fully saturated rings. The Kier molecular flexibility index (Phi) is 3.48. The van der Waals surface area contributed by atoms with E-state index in [1.54, 1.807) is 0 Å². The Hall–Kier alpha value is -0.455. The van der Waals surface area contributed by atoms with Gasteiger partial charge in [-0.15, -0.1) is 0 Å². The third kappa shape index (κ3) is 2.42. The zero-order valence-corrected chi connectivity index (χ0v) is 8.00. The van der Waals surface area contributed by atoms with Gasteiger partial charge in [-0.3, -0.25) is 0 Å². The monoisotopic (exact) mass is 136 g/mol. The summed E-state index contributed by atoms with van der Waals surface area (Å²) in [6.45, 7) is 10.8. The van der Waals surface area contributed by atoms with Crippen LogP contribution in [-0.4, -0.2) is 7.85 Å². The van der Waals surface area contributed by atoms with Gasteiger partial charge in [-0.1, -0.05) is 22.2 Å². The van der Waals surface area contributed by atoms with Crippen molar-refractivity contribution in [3.8, 4) is 0 Å². The van der Waals surface area contributed by atoms with E-state index >= 15 is 0 Å². The van der Waals surface area contributed by atoms with Gasteiger partial charge in [0.25, 0.3) is 0 Å². The van der Waals surface area contributed by atoms with Gasteiger partial charge < -0.3 is 0 Å². The van der Waals surface area contributed by atoms with E-state index in [9.17, 15) is 0 Å². The van der Waals surface area contributed by atoms with Gasteiger partial charge in [-0.2, -0.15) is 0 Å². The Morgan fingerprint density at radius 3 is 1.30 bits per heavy atom. The molecule has 0 aliphatic carbocycles. The van der Waals surface area contributed by atoms with Crippen LogP contribution in [0.4, 0.5) is 0 Å². The summed E-state index contributed by atoms with van der Waals surface area (Å²) < 4.78 is 0. The fourth-order valence-corrected chi connectivity index (χ4v) is 0.750. The molecule has 0 aromatic heterocycles. The molecular weight excluding hydrogens is 119 g/mol. The average Bonchev–Trinajstić information content (AvgIpc) is 1.84. The van der Waals surface area contributed by atoms with Crippen molar-refractivity contribution < 1.29 is 0 Å². The molecule has 0 saturated carbocycles. The maximum atomic E-state index is 2.18. The van der Waals surface area contributed by atoms with Crippen LogP contribution in [0.1, 0.15) is 34.6 Å². The molecule has 0 aromatic rings. The summed E-state index contributed by atoms with van der Waals surface area (Å²) in [5, 5.41) is 0. The zero-order valence-electron chi connectivity index (χ0n) is 8.00. The second-order valence-electron chi connectivity index (χ2n) is 3.25.